The number of carbonyl (C=O) groups excluding carboxylic acids is 1. The molecule has 1 rings (SSSR count). The van der Waals surface area contributed by atoms with E-state index in [-0.39, 0.29) is 17.5 Å². The molecule has 0 spiro atoms. The van der Waals surface area contributed by atoms with Crippen LogP contribution in [0.3, 0.4) is 0 Å². The predicted molar refractivity (Wildman–Crippen MR) is 72.6 cm³/mol. The van der Waals surface area contributed by atoms with Gasteiger partial charge in [-0.2, -0.15) is 0 Å². The Hall–Kier alpha value is -2.59. The lowest BCUT2D eigenvalue weighted by Crippen LogP contribution is -2.20. The Morgan fingerprint density at radius 1 is 1.14 bits per heavy atom. The van der Waals surface area contributed by atoms with E-state index in [0.717, 1.165) is 19.2 Å². The summed E-state index contributed by atoms with van der Waals surface area (Å²) in [6.07, 6.45) is -1.00. The largest absolute Gasteiger partial charge is 0.465 e. The van der Waals surface area contributed by atoms with Crippen LogP contribution in [-0.4, -0.2) is 43.4 Å². The van der Waals surface area contributed by atoms with Crippen LogP contribution in [0.5, 0.6) is 0 Å². The maximum Gasteiger partial charge on any atom is 0.338 e. The molecule has 0 saturated heterocycles. The third-order valence-corrected chi connectivity index (χ3v) is 2.92. The fraction of sp³-hybridized carbons (Fsp3) is 0.417. The molecule has 0 aliphatic carbocycles. The minimum absolute atomic E-state index is 0.0591. The first-order valence-corrected chi connectivity index (χ1v) is 5.95. The second kappa shape index (κ2) is 7.43. The zero-order valence-electron chi connectivity index (χ0n) is 12.1. The summed E-state index contributed by atoms with van der Waals surface area (Å²) < 4.78 is 14.4. The average Bonchev–Trinajstić information content (AvgIpc) is 2.50. The molecule has 0 saturated carbocycles. The number of hydrogen-bond acceptors (Lipinski definition) is 8. The van der Waals surface area contributed by atoms with Gasteiger partial charge in [0.05, 0.1) is 28.6 Å². The lowest BCUT2D eigenvalue weighted by molar-refractivity contribution is -0.394. The predicted octanol–water partition coefficient (Wildman–Crippen LogP) is 1.45. The standard InChI is InChI=1S/C12H14N2O8/c1-20-11(21-2)6-8-9(12(15)22-3)4-7(13(16)17)5-10(8)14(18)19/h4-5,11H,6H2,1-3H3. The van der Waals surface area contributed by atoms with Gasteiger partial charge in [0.25, 0.3) is 11.4 Å². The van der Waals surface area contributed by atoms with E-state index >= 15 is 0 Å². The first-order valence-electron chi connectivity index (χ1n) is 5.95. The summed E-state index contributed by atoms with van der Waals surface area (Å²) in [5, 5.41) is 22.0. The zero-order valence-corrected chi connectivity index (χ0v) is 12.1. The molecule has 22 heavy (non-hydrogen) atoms. The van der Waals surface area contributed by atoms with Crippen LogP contribution in [0, 0.1) is 20.2 Å². The van der Waals surface area contributed by atoms with E-state index in [1.165, 1.54) is 14.2 Å². The van der Waals surface area contributed by atoms with Crippen molar-refractivity contribution in [2.24, 2.45) is 0 Å². The van der Waals surface area contributed by atoms with Crippen molar-refractivity contribution in [3.8, 4) is 0 Å². The number of hydrogen-bond donors (Lipinski definition) is 0. The fourth-order valence-corrected chi connectivity index (χ4v) is 1.85. The topological polar surface area (TPSA) is 131 Å². The highest BCUT2D eigenvalue weighted by atomic mass is 16.7. The molecule has 0 aliphatic rings. The molecule has 0 fully saturated rings. The van der Waals surface area contributed by atoms with E-state index in [4.69, 9.17) is 9.47 Å². The minimum Gasteiger partial charge on any atom is -0.465 e. The maximum absolute atomic E-state index is 11.8. The molecule has 0 aliphatic heterocycles. The summed E-state index contributed by atoms with van der Waals surface area (Å²) in [6.45, 7) is 0. The van der Waals surface area contributed by atoms with Crippen molar-refractivity contribution in [2.45, 2.75) is 12.7 Å². The van der Waals surface area contributed by atoms with Crippen molar-refractivity contribution < 1.29 is 28.9 Å². The van der Waals surface area contributed by atoms with Crippen molar-refractivity contribution in [3.63, 3.8) is 0 Å². The van der Waals surface area contributed by atoms with E-state index in [1.54, 1.807) is 0 Å². The minimum atomic E-state index is -0.923. The lowest BCUT2D eigenvalue weighted by Gasteiger charge is -2.15. The first-order chi connectivity index (χ1) is 10.3. The van der Waals surface area contributed by atoms with Gasteiger partial charge in [0.2, 0.25) is 0 Å². The van der Waals surface area contributed by atoms with Crippen LogP contribution in [0.1, 0.15) is 15.9 Å². The van der Waals surface area contributed by atoms with Crippen LogP contribution in [0.4, 0.5) is 11.4 Å². The van der Waals surface area contributed by atoms with Crippen molar-refractivity contribution in [1.82, 2.24) is 0 Å². The highest BCUT2D eigenvalue weighted by Crippen LogP contribution is 2.30. The van der Waals surface area contributed by atoms with Crippen LogP contribution in [-0.2, 0) is 20.6 Å². The number of ether oxygens (including phenoxy) is 3. The van der Waals surface area contributed by atoms with Gasteiger partial charge in [-0.05, 0) is 0 Å². The van der Waals surface area contributed by atoms with E-state index in [9.17, 15) is 25.0 Å². The molecule has 10 nitrogen and oxygen atoms in total. The average molecular weight is 314 g/mol. The normalized spacial score (nSPS) is 10.5. The van der Waals surface area contributed by atoms with Crippen LogP contribution in [0.15, 0.2) is 12.1 Å². The van der Waals surface area contributed by atoms with E-state index in [0.29, 0.717) is 0 Å². The van der Waals surface area contributed by atoms with Gasteiger partial charge >= 0.3 is 5.97 Å². The Balaban J connectivity index is 3.56. The number of nitro benzene ring substituents is 2. The van der Waals surface area contributed by atoms with Crippen LogP contribution in [0.2, 0.25) is 0 Å². The molecule has 10 heteroatoms. The Labute approximate surface area is 124 Å². The number of rotatable bonds is 7. The number of nitro groups is 2. The van der Waals surface area contributed by atoms with E-state index in [1.807, 2.05) is 0 Å². The highest BCUT2D eigenvalue weighted by molar-refractivity contribution is 5.93. The monoisotopic (exact) mass is 314 g/mol. The molecule has 120 valence electrons. The Kier molecular flexibility index (Phi) is 5.90. The van der Waals surface area contributed by atoms with Gasteiger partial charge in [0.15, 0.2) is 6.29 Å². The van der Waals surface area contributed by atoms with Gasteiger partial charge in [-0.3, -0.25) is 20.2 Å². The molecule has 0 amide bonds. The van der Waals surface area contributed by atoms with Crippen molar-refractivity contribution in [2.75, 3.05) is 21.3 Å². The van der Waals surface area contributed by atoms with Crippen molar-refractivity contribution >= 4 is 17.3 Å². The van der Waals surface area contributed by atoms with Gasteiger partial charge in [-0.15, -0.1) is 0 Å². The quantitative estimate of drug-likeness (QED) is 0.320. The summed E-state index contributed by atoms with van der Waals surface area (Å²) in [4.78, 5) is 32.2. The SMILES string of the molecule is COC(=O)c1cc([N+](=O)[O-])cc([N+](=O)[O-])c1CC(OC)OC. The number of non-ortho nitro benzene ring substituents is 1. The number of esters is 1. The van der Waals surface area contributed by atoms with E-state index < -0.39 is 33.5 Å². The van der Waals surface area contributed by atoms with Crippen LogP contribution in [0.25, 0.3) is 0 Å². The van der Waals surface area contributed by atoms with Gasteiger partial charge in [0.1, 0.15) is 0 Å². The summed E-state index contributed by atoms with van der Waals surface area (Å²) in [7, 11) is 3.72. The molecular weight excluding hydrogens is 300 g/mol. The smallest absolute Gasteiger partial charge is 0.338 e. The zero-order chi connectivity index (χ0) is 16.9. The number of nitrogens with zero attached hydrogens (tertiary/aromatic N) is 2. The second-order valence-electron chi connectivity index (χ2n) is 4.10. The number of carbonyl (C=O) groups is 1. The number of methoxy groups -OCH3 is 3. The molecule has 0 atom stereocenters. The summed E-state index contributed by atoms with van der Waals surface area (Å²) in [5.74, 6) is -0.923. The molecule has 0 unspecified atom stereocenters. The van der Waals surface area contributed by atoms with Crippen molar-refractivity contribution in [1.29, 1.82) is 0 Å². The van der Waals surface area contributed by atoms with Crippen LogP contribution >= 0.6 is 0 Å². The third kappa shape index (κ3) is 3.74. The van der Waals surface area contributed by atoms with E-state index in [2.05, 4.69) is 4.74 Å². The first kappa shape index (κ1) is 17.5. The molecular formula is C12H14N2O8. The summed E-state index contributed by atoms with van der Waals surface area (Å²) in [5.41, 5.74) is -1.49. The summed E-state index contributed by atoms with van der Waals surface area (Å²) in [6, 6.07) is 1.71. The van der Waals surface area contributed by atoms with Gasteiger partial charge in [-0.1, -0.05) is 0 Å². The fourth-order valence-electron chi connectivity index (χ4n) is 1.85. The Bertz CT molecular complexity index is 597. The molecule has 0 heterocycles. The second-order valence-corrected chi connectivity index (χ2v) is 4.10. The Morgan fingerprint density at radius 3 is 2.14 bits per heavy atom. The molecule has 0 bridgehead atoms. The highest BCUT2D eigenvalue weighted by Gasteiger charge is 2.29. The van der Waals surface area contributed by atoms with Gasteiger partial charge < -0.3 is 14.2 Å². The molecule has 0 N–H and O–H groups in total. The van der Waals surface area contributed by atoms with Crippen LogP contribution < -0.4 is 0 Å². The Morgan fingerprint density at radius 2 is 1.73 bits per heavy atom. The molecule has 1 aromatic carbocycles. The maximum atomic E-state index is 11.8. The van der Waals surface area contributed by atoms with Gasteiger partial charge in [-0.25, -0.2) is 4.79 Å². The van der Waals surface area contributed by atoms with Gasteiger partial charge in [0, 0.05) is 32.3 Å². The number of benzene rings is 1. The van der Waals surface area contributed by atoms with Crippen molar-refractivity contribution in [3.05, 3.63) is 43.5 Å². The summed E-state index contributed by atoms with van der Waals surface area (Å²) >= 11 is 0. The third-order valence-electron chi connectivity index (χ3n) is 2.92. The molecule has 0 aromatic heterocycles. The lowest BCUT2D eigenvalue weighted by atomic mass is 10.0. The molecule has 1 aromatic rings. The molecule has 0 radical (unpaired) electrons.